The number of piperidine rings is 1. The Morgan fingerprint density at radius 1 is 0.760 bits per heavy atom. The summed E-state index contributed by atoms with van der Waals surface area (Å²) in [6.45, 7) is 11.8. The van der Waals surface area contributed by atoms with Crippen LogP contribution in [0.2, 0.25) is 0 Å². The van der Waals surface area contributed by atoms with Gasteiger partial charge in [0.1, 0.15) is 16.6 Å². The highest BCUT2D eigenvalue weighted by molar-refractivity contribution is 5.96. The Balaban J connectivity index is 1.87. The monoisotopic (exact) mass is 703 g/mol. The molecule has 2 aliphatic rings. The lowest BCUT2D eigenvalue weighted by Crippen LogP contribution is -2.49. The lowest BCUT2D eigenvalue weighted by molar-refractivity contribution is -0.154. The first-order valence-electron chi connectivity index (χ1n) is 17.5. The van der Waals surface area contributed by atoms with Gasteiger partial charge < -0.3 is 48.2 Å². The number of anilines is 4. The third-order valence-corrected chi connectivity index (χ3v) is 8.81. The zero-order chi connectivity index (χ0) is 36.3. The van der Waals surface area contributed by atoms with Gasteiger partial charge in [0.2, 0.25) is 17.8 Å². The van der Waals surface area contributed by atoms with Crippen LogP contribution in [-0.2, 0) is 33.3 Å². The normalized spacial score (nSPS) is 16.0. The standard InChI is InChI=1S/C34H57N9O7/c1-34(2,3)50-27(45)10-9-13-41(18-21-46-5)32-35-28-29(31(38-32)43-17-16-39(4)26(44)24-43)36-33(42(19-22-47-6)20-23-48-7)37-30(28)40-14-11-25(49-8)12-15-40/h25H,9-24H2,1-8H3. The largest absolute Gasteiger partial charge is 0.460 e. The summed E-state index contributed by atoms with van der Waals surface area (Å²) in [4.78, 5) is 56.2. The van der Waals surface area contributed by atoms with Crippen molar-refractivity contribution in [3.8, 4) is 0 Å². The van der Waals surface area contributed by atoms with Gasteiger partial charge >= 0.3 is 5.97 Å². The number of fused-ring (bicyclic) bond motifs is 1. The molecule has 280 valence electrons. The zero-order valence-electron chi connectivity index (χ0n) is 31.3. The van der Waals surface area contributed by atoms with E-state index >= 15 is 0 Å². The molecule has 2 fully saturated rings. The third-order valence-electron chi connectivity index (χ3n) is 8.81. The van der Waals surface area contributed by atoms with Crippen LogP contribution in [0.3, 0.4) is 0 Å². The quantitative estimate of drug-likeness (QED) is 0.208. The van der Waals surface area contributed by atoms with Crippen molar-refractivity contribution in [3.63, 3.8) is 0 Å². The fourth-order valence-corrected chi connectivity index (χ4v) is 5.96. The summed E-state index contributed by atoms with van der Waals surface area (Å²) in [6.07, 6.45) is 2.64. The number of piperazine rings is 1. The molecule has 16 nitrogen and oxygen atoms in total. The summed E-state index contributed by atoms with van der Waals surface area (Å²) in [7, 11) is 8.55. The van der Waals surface area contributed by atoms with Crippen LogP contribution in [0, 0.1) is 0 Å². The van der Waals surface area contributed by atoms with Crippen molar-refractivity contribution in [1.29, 1.82) is 0 Å². The second-order valence-corrected chi connectivity index (χ2v) is 13.7. The predicted molar refractivity (Wildman–Crippen MR) is 192 cm³/mol. The Labute approximate surface area is 296 Å². The van der Waals surface area contributed by atoms with Crippen LogP contribution in [0.5, 0.6) is 0 Å². The molecular formula is C34H57N9O7. The summed E-state index contributed by atoms with van der Waals surface area (Å²) in [6, 6.07) is 0. The molecule has 0 aliphatic carbocycles. The smallest absolute Gasteiger partial charge is 0.306 e. The summed E-state index contributed by atoms with van der Waals surface area (Å²) < 4.78 is 27.6. The van der Waals surface area contributed by atoms with E-state index in [2.05, 4.69) is 4.90 Å². The lowest BCUT2D eigenvalue weighted by Gasteiger charge is -2.35. The van der Waals surface area contributed by atoms with E-state index in [9.17, 15) is 9.59 Å². The predicted octanol–water partition coefficient (Wildman–Crippen LogP) is 1.99. The Morgan fingerprint density at radius 2 is 1.28 bits per heavy atom. The van der Waals surface area contributed by atoms with Gasteiger partial charge in [-0.3, -0.25) is 9.59 Å². The van der Waals surface area contributed by atoms with Gasteiger partial charge in [0.15, 0.2) is 11.6 Å². The van der Waals surface area contributed by atoms with Gasteiger partial charge in [-0.25, -0.2) is 9.97 Å². The molecule has 0 aromatic carbocycles. The second-order valence-electron chi connectivity index (χ2n) is 13.7. The maximum absolute atomic E-state index is 13.0. The fourth-order valence-electron chi connectivity index (χ4n) is 5.96. The maximum Gasteiger partial charge on any atom is 0.306 e. The van der Waals surface area contributed by atoms with Crippen LogP contribution in [0.4, 0.5) is 23.5 Å². The van der Waals surface area contributed by atoms with E-state index in [0.29, 0.717) is 100 Å². The molecule has 0 N–H and O–H groups in total. The average Bonchev–Trinajstić information content (AvgIpc) is 3.09. The van der Waals surface area contributed by atoms with Crippen molar-refractivity contribution in [2.75, 3.05) is 134 Å². The number of ether oxygens (including phenoxy) is 5. The number of hydrogen-bond donors (Lipinski definition) is 0. The van der Waals surface area contributed by atoms with Gasteiger partial charge in [0.05, 0.1) is 32.5 Å². The number of aromatic nitrogens is 4. The number of methoxy groups -OCH3 is 4. The van der Waals surface area contributed by atoms with Crippen molar-refractivity contribution < 1.29 is 33.3 Å². The number of esters is 1. The third kappa shape index (κ3) is 10.7. The Morgan fingerprint density at radius 3 is 1.76 bits per heavy atom. The average molecular weight is 704 g/mol. The van der Waals surface area contributed by atoms with Crippen LogP contribution in [0.15, 0.2) is 0 Å². The highest BCUT2D eigenvalue weighted by Gasteiger charge is 2.31. The maximum atomic E-state index is 13.0. The number of rotatable bonds is 18. The molecule has 0 atom stereocenters. The van der Waals surface area contributed by atoms with Crippen molar-refractivity contribution in [1.82, 2.24) is 24.8 Å². The minimum absolute atomic E-state index is 0.00359. The Kier molecular flexibility index (Phi) is 14.6. The second kappa shape index (κ2) is 18.6. The van der Waals surface area contributed by atoms with Crippen LogP contribution in [-0.4, -0.2) is 163 Å². The van der Waals surface area contributed by atoms with E-state index in [0.717, 1.165) is 25.9 Å². The first-order chi connectivity index (χ1) is 24.0. The van der Waals surface area contributed by atoms with Gasteiger partial charge in [0.25, 0.3) is 0 Å². The number of carbonyl (C=O) groups is 2. The van der Waals surface area contributed by atoms with Gasteiger partial charge in [-0.15, -0.1) is 0 Å². The van der Waals surface area contributed by atoms with Crippen molar-refractivity contribution in [2.45, 2.75) is 58.2 Å². The van der Waals surface area contributed by atoms with E-state index in [4.69, 9.17) is 43.6 Å². The molecule has 0 radical (unpaired) electrons. The molecule has 2 aromatic heterocycles. The summed E-state index contributed by atoms with van der Waals surface area (Å²) >= 11 is 0. The molecular weight excluding hydrogens is 646 g/mol. The van der Waals surface area contributed by atoms with Crippen LogP contribution >= 0.6 is 0 Å². The molecule has 0 spiro atoms. The Bertz CT molecular complexity index is 1390. The molecule has 2 saturated heterocycles. The van der Waals surface area contributed by atoms with Crippen LogP contribution in [0.25, 0.3) is 11.0 Å². The number of nitrogens with zero attached hydrogens (tertiary/aromatic N) is 9. The Hall–Kier alpha value is -3.60. The van der Waals surface area contributed by atoms with Gasteiger partial charge in [0, 0.05) is 94.3 Å². The van der Waals surface area contributed by atoms with E-state index in [1.165, 1.54) is 0 Å². The molecule has 1 amide bonds. The summed E-state index contributed by atoms with van der Waals surface area (Å²) in [5.74, 6) is 1.98. The van der Waals surface area contributed by atoms with E-state index in [-0.39, 0.29) is 30.9 Å². The molecule has 0 unspecified atom stereocenters. The molecule has 50 heavy (non-hydrogen) atoms. The van der Waals surface area contributed by atoms with Crippen LogP contribution in [0.1, 0.15) is 46.5 Å². The molecule has 0 bridgehead atoms. The highest BCUT2D eigenvalue weighted by atomic mass is 16.6. The van der Waals surface area contributed by atoms with E-state index < -0.39 is 5.60 Å². The minimum Gasteiger partial charge on any atom is -0.460 e. The fraction of sp³-hybridized carbons (Fsp3) is 0.765. The summed E-state index contributed by atoms with van der Waals surface area (Å²) in [5, 5.41) is 0. The van der Waals surface area contributed by atoms with Crippen molar-refractivity contribution >= 4 is 46.4 Å². The number of amides is 1. The zero-order valence-corrected chi connectivity index (χ0v) is 31.3. The topological polar surface area (TPSA) is 148 Å². The molecule has 4 rings (SSSR count). The van der Waals surface area contributed by atoms with Crippen molar-refractivity contribution in [2.24, 2.45) is 0 Å². The van der Waals surface area contributed by atoms with Crippen molar-refractivity contribution in [3.05, 3.63) is 0 Å². The molecule has 16 heteroatoms. The van der Waals surface area contributed by atoms with Gasteiger partial charge in [-0.1, -0.05) is 0 Å². The number of likely N-dealkylation sites (N-methyl/N-ethyl adjacent to an activating group) is 1. The first-order valence-corrected chi connectivity index (χ1v) is 17.5. The van der Waals surface area contributed by atoms with Gasteiger partial charge in [-0.05, 0) is 40.0 Å². The molecule has 2 aromatic rings. The number of carbonyl (C=O) groups excluding carboxylic acids is 2. The lowest BCUT2D eigenvalue weighted by atomic mass is 10.1. The molecule has 2 aliphatic heterocycles. The minimum atomic E-state index is -0.557. The number of hydrogen-bond acceptors (Lipinski definition) is 15. The highest BCUT2D eigenvalue weighted by Crippen LogP contribution is 2.34. The SMILES string of the molecule is COCCN(CCCC(=O)OC(C)(C)C)c1nc(N2CCN(C)C(=O)C2)c2nc(N(CCOC)CCOC)nc(N3CCC(OC)CC3)c2n1. The van der Waals surface area contributed by atoms with Crippen LogP contribution < -0.4 is 19.6 Å². The van der Waals surface area contributed by atoms with E-state index in [1.807, 2.05) is 42.5 Å². The molecule has 4 heterocycles. The molecule has 0 saturated carbocycles. The summed E-state index contributed by atoms with van der Waals surface area (Å²) in [5.41, 5.74) is 0.614. The van der Waals surface area contributed by atoms with E-state index in [1.54, 1.807) is 33.3 Å². The van der Waals surface area contributed by atoms with Gasteiger partial charge in [-0.2, -0.15) is 9.97 Å². The first kappa shape index (κ1) is 39.2.